The molecule has 4 nitrogen and oxygen atoms in total. The van der Waals surface area contributed by atoms with Crippen LogP contribution in [0.2, 0.25) is 0 Å². The van der Waals surface area contributed by atoms with Gasteiger partial charge in [-0.2, -0.15) is 0 Å². The van der Waals surface area contributed by atoms with E-state index in [1.807, 2.05) is 6.07 Å². The SMILES string of the molecule is c1nc2cnc3ccocc3c2n1. The van der Waals surface area contributed by atoms with Crippen LogP contribution in [-0.2, 0) is 0 Å². The van der Waals surface area contributed by atoms with Gasteiger partial charge in [0, 0.05) is 0 Å². The number of nitrogens with zero attached hydrogens (tertiary/aromatic N) is 3. The van der Waals surface area contributed by atoms with Crippen molar-refractivity contribution in [2.45, 2.75) is 0 Å². The van der Waals surface area contributed by atoms with Gasteiger partial charge >= 0.3 is 0 Å². The third-order valence-corrected chi connectivity index (χ3v) is 1.97. The molecule has 0 saturated carbocycles. The van der Waals surface area contributed by atoms with Gasteiger partial charge in [-0.25, -0.2) is 9.97 Å². The molecule has 0 spiro atoms. The molecular weight excluding hydrogens is 166 g/mol. The van der Waals surface area contributed by atoms with E-state index in [4.69, 9.17) is 4.42 Å². The first-order valence-corrected chi connectivity index (χ1v) is 3.87. The molecule has 0 fully saturated rings. The fraction of sp³-hybridized carbons (Fsp3) is 0. The monoisotopic (exact) mass is 171 g/mol. The Hall–Kier alpha value is -1.97. The number of hydrogen-bond donors (Lipinski definition) is 0. The van der Waals surface area contributed by atoms with Crippen molar-refractivity contribution in [3.05, 3.63) is 31.1 Å². The van der Waals surface area contributed by atoms with E-state index in [9.17, 15) is 0 Å². The first kappa shape index (κ1) is 6.54. The molecule has 0 atom stereocenters. The van der Waals surface area contributed by atoms with E-state index >= 15 is 0 Å². The Balaban J connectivity index is 2.65. The summed E-state index contributed by atoms with van der Waals surface area (Å²) < 4.78 is 5.06. The van der Waals surface area contributed by atoms with Crippen LogP contribution in [0.5, 0.6) is 0 Å². The summed E-state index contributed by atoms with van der Waals surface area (Å²) in [7, 11) is 0. The van der Waals surface area contributed by atoms with Gasteiger partial charge in [-0.15, -0.1) is 0 Å². The standard InChI is InChI=1S/C9H5N3O/c1-2-13-4-6-7(1)10-3-8-9(6)12-5-11-8/h1-5H. The van der Waals surface area contributed by atoms with Crippen molar-refractivity contribution in [2.75, 3.05) is 0 Å². The Morgan fingerprint density at radius 3 is 3.08 bits per heavy atom. The Bertz CT molecular complexity index is 573. The van der Waals surface area contributed by atoms with E-state index in [1.165, 1.54) is 6.33 Å². The lowest BCUT2D eigenvalue weighted by Crippen LogP contribution is -1.79. The molecule has 0 aliphatic rings. The van der Waals surface area contributed by atoms with Crippen molar-refractivity contribution in [1.82, 2.24) is 15.0 Å². The fourth-order valence-electron chi connectivity index (χ4n) is 1.36. The Kier molecular flexibility index (Phi) is 1.14. The zero-order valence-electron chi connectivity index (χ0n) is 6.64. The van der Waals surface area contributed by atoms with Gasteiger partial charge < -0.3 is 4.42 Å². The van der Waals surface area contributed by atoms with E-state index in [0.717, 1.165) is 21.9 Å². The smallest absolute Gasteiger partial charge is 0.117 e. The van der Waals surface area contributed by atoms with Crippen molar-refractivity contribution < 1.29 is 4.42 Å². The maximum Gasteiger partial charge on any atom is 0.117 e. The normalized spacial score (nSPS) is 11.1. The van der Waals surface area contributed by atoms with Crippen molar-refractivity contribution in [1.29, 1.82) is 0 Å². The van der Waals surface area contributed by atoms with Crippen molar-refractivity contribution in [2.24, 2.45) is 0 Å². The molecule has 3 aromatic rings. The summed E-state index contributed by atoms with van der Waals surface area (Å²) in [5, 5.41) is 0.900. The molecular formula is C9H5N3O. The first-order chi connectivity index (χ1) is 6.45. The summed E-state index contributed by atoms with van der Waals surface area (Å²) in [5.41, 5.74) is 2.52. The van der Waals surface area contributed by atoms with Crippen LogP contribution in [0.4, 0.5) is 0 Å². The minimum Gasteiger partial charge on any atom is -0.472 e. The molecule has 0 aromatic carbocycles. The molecule has 0 aliphatic heterocycles. The van der Waals surface area contributed by atoms with Crippen LogP contribution in [0.3, 0.4) is 0 Å². The molecule has 0 aliphatic carbocycles. The first-order valence-electron chi connectivity index (χ1n) is 3.87. The average molecular weight is 171 g/mol. The van der Waals surface area contributed by atoms with Crippen LogP contribution in [0.25, 0.3) is 21.9 Å². The van der Waals surface area contributed by atoms with Gasteiger partial charge in [0.15, 0.2) is 0 Å². The third-order valence-electron chi connectivity index (χ3n) is 1.97. The fourth-order valence-corrected chi connectivity index (χ4v) is 1.36. The maximum absolute atomic E-state index is 5.06. The molecule has 3 heterocycles. The number of hydrogen-bond acceptors (Lipinski definition) is 4. The highest BCUT2D eigenvalue weighted by molar-refractivity contribution is 6.00. The lowest BCUT2D eigenvalue weighted by atomic mass is 10.2. The summed E-state index contributed by atoms with van der Waals surface area (Å²) in [6, 6.07) is 1.81. The van der Waals surface area contributed by atoms with Crippen LogP contribution in [-0.4, -0.2) is 15.0 Å². The van der Waals surface area contributed by atoms with E-state index in [2.05, 4.69) is 15.0 Å². The second kappa shape index (κ2) is 2.26. The van der Waals surface area contributed by atoms with E-state index in [0.29, 0.717) is 0 Å². The minimum atomic E-state index is 0.800. The zero-order chi connectivity index (χ0) is 8.67. The molecule has 0 amide bonds. The zero-order valence-corrected chi connectivity index (χ0v) is 6.64. The van der Waals surface area contributed by atoms with Crippen molar-refractivity contribution in [3.63, 3.8) is 0 Å². The van der Waals surface area contributed by atoms with Crippen molar-refractivity contribution in [3.8, 4) is 0 Å². The number of fused-ring (bicyclic) bond motifs is 3. The summed E-state index contributed by atoms with van der Waals surface area (Å²) in [6.45, 7) is 0. The van der Waals surface area contributed by atoms with Crippen molar-refractivity contribution >= 4 is 21.9 Å². The topological polar surface area (TPSA) is 51.8 Å². The van der Waals surface area contributed by atoms with E-state index < -0.39 is 0 Å². The summed E-state index contributed by atoms with van der Waals surface area (Å²) in [4.78, 5) is 12.4. The summed E-state index contributed by atoms with van der Waals surface area (Å²) >= 11 is 0. The van der Waals surface area contributed by atoms with Gasteiger partial charge in [-0.1, -0.05) is 0 Å². The highest BCUT2D eigenvalue weighted by atomic mass is 16.3. The number of rotatable bonds is 0. The molecule has 4 heteroatoms. The minimum absolute atomic E-state index is 0.800. The second-order valence-electron chi connectivity index (χ2n) is 2.72. The highest BCUT2D eigenvalue weighted by Gasteiger charge is 2.03. The molecule has 0 bridgehead atoms. The molecule has 3 aromatic heterocycles. The predicted octanol–water partition coefficient (Wildman–Crippen LogP) is 1.77. The number of aromatic nitrogens is 3. The maximum atomic E-state index is 5.06. The quantitative estimate of drug-likeness (QED) is 0.517. The van der Waals surface area contributed by atoms with Gasteiger partial charge in [-0.3, -0.25) is 4.98 Å². The molecule has 0 N–H and O–H groups in total. The molecule has 0 radical (unpaired) electrons. The average Bonchev–Trinajstić information content (AvgIpc) is 2.65. The predicted molar refractivity (Wildman–Crippen MR) is 47.1 cm³/mol. The van der Waals surface area contributed by atoms with Crippen LogP contribution < -0.4 is 0 Å². The molecule has 0 saturated heterocycles. The van der Waals surface area contributed by atoms with Crippen LogP contribution in [0.15, 0.2) is 35.5 Å². The highest BCUT2D eigenvalue weighted by Crippen LogP contribution is 2.19. The molecule has 0 unspecified atom stereocenters. The Morgan fingerprint density at radius 1 is 1.08 bits per heavy atom. The van der Waals surface area contributed by atoms with Gasteiger partial charge in [0.05, 0.1) is 23.4 Å². The Labute approximate surface area is 73.2 Å². The lowest BCUT2D eigenvalue weighted by Gasteiger charge is -1.94. The lowest BCUT2D eigenvalue weighted by molar-refractivity contribution is 0.557. The van der Waals surface area contributed by atoms with Gasteiger partial charge in [0.2, 0.25) is 0 Å². The number of pyridine rings is 1. The largest absolute Gasteiger partial charge is 0.472 e. The van der Waals surface area contributed by atoms with E-state index in [1.54, 1.807) is 18.7 Å². The van der Waals surface area contributed by atoms with Gasteiger partial charge in [-0.05, 0) is 6.07 Å². The van der Waals surface area contributed by atoms with Crippen LogP contribution in [0.1, 0.15) is 0 Å². The van der Waals surface area contributed by atoms with Gasteiger partial charge in [0.25, 0.3) is 0 Å². The number of imidazole rings is 1. The van der Waals surface area contributed by atoms with Crippen LogP contribution in [0, 0.1) is 0 Å². The molecule has 3 rings (SSSR count). The summed E-state index contributed by atoms with van der Waals surface area (Å²) in [5.74, 6) is 0. The molecule has 62 valence electrons. The summed E-state index contributed by atoms with van der Waals surface area (Å²) in [6.07, 6.45) is 6.47. The van der Waals surface area contributed by atoms with Gasteiger partial charge in [0.1, 0.15) is 23.6 Å². The van der Waals surface area contributed by atoms with Crippen LogP contribution >= 0.6 is 0 Å². The van der Waals surface area contributed by atoms with E-state index in [-0.39, 0.29) is 0 Å². The molecule has 13 heavy (non-hydrogen) atoms. The second-order valence-corrected chi connectivity index (χ2v) is 2.72. The Morgan fingerprint density at radius 2 is 2.08 bits per heavy atom. The third kappa shape index (κ3) is 0.823.